The summed E-state index contributed by atoms with van der Waals surface area (Å²) in [5.41, 5.74) is 0.0905. The second-order valence-electron chi connectivity index (χ2n) is 1.91. The maximum atomic E-state index is 10.7. The maximum absolute atomic E-state index is 10.7. The maximum Gasteiger partial charge on any atom is 0.336 e. The van der Waals surface area contributed by atoms with Gasteiger partial charge in [0.2, 0.25) is 0 Å². The first kappa shape index (κ1) is 10.4. The Morgan fingerprint density at radius 3 is 2.50 bits per heavy atom. The lowest BCUT2D eigenvalue weighted by atomic mass is 10.3. The van der Waals surface area contributed by atoms with Gasteiger partial charge < -0.3 is 9.47 Å². The highest BCUT2D eigenvalue weighted by atomic mass is 16.5. The van der Waals surface area contributed by atoms with Crippen LogP contribution in [-0.2, 0) is 19.1 Å². The fraction of sp³-hybridized carbons (Fsp3) is 0.250. The van der Waals surface area contributed by atoms with Crippen LogP contribution >= 0.6 is 0 Å². The van der Waals surface area contributed by atoms with Crippen molar-refractivity contribution in [2.24, 2.45) is 0 Å². The molecule has 0 aliphatic rings. The molecule has 0 N–H and O–H groups in total. The van der Waals surface area contributed by atoms with Gasteiger partial charge in [-0.3, -0.25) is 0 Å². The molecule has 0 atom stereocenters. The average Bonchev–Trinajstić information content (AvgIpc) is 2.11. The Balaban J connectivity index is 3.79. The van der Waals surface area contributed by atoms with Crippen molar-refractivity contribution in [3.8, 4) is 0 Å². The Kier molecular flexibility index (Phi) is 4.45. The lowest BCUT2D eigenvalue weighted by Gasteiger charge is -2.02. The number of rotatable bonds is 4. The first-order valence-electron chi connectivity index (χ1n) is 3.17. The SMILES string of the molecule is C=CC(=O)OCC(=C)C(=O)OC. The van der Waals surface area contributed by atoms with Gasteiger partial charge in [-0.2, -0.15) is 0 Å². The van der Waals surface area contributed by atoms with Gasteiger partial charge in [0.05, 0.1) is 12.7 Å². The molecule has 0 saturated carbocycles. The Hall–Kier alpha value is -1.58. The standard InChI is InChI=1S/C8H10O4/c1-4-7(9)12-5-6(2)8(10)11-3/h4H,1-2,5H2,3H3. The van der Waals surface area contributed by atoms with Crippen LogP contribution in [0.1, 0.15) is 0 Å². The van der Waals surface area contributed by atoms with E-state index < -0.39 is 11.9 Å². The number of hydrogen-bond acceptors (Lipinski definition) is 4. The van der Waals surface area contributed by atoms with Crippen LogP contribution in [0.3, 0.4) is 0 Å². The van der Waals surface area contributed by atoms with Crippen LogP contribution in [0.4, 0.5) is 0 Å². The van der Waals surface area contributed by atoms with Gasteiger partial charge in [-0.05, 0) is 0 Å². The van der Waals surface area contributed by atoms with E-state index in [0.717, 1.165) is 6.08 Å². The topological polar surface area (TPSA) is 52.6 Å². The molecule has 0 saturated heterocycles. The number of methoxy groups -OCH3 is 1. The highest BCUT2D eigenvalue weighted by Crippen LogP contribution is 1.94. The lowest BCUT2D eigenvalue weighted by Crippen LogP contribution is -2.11. The van der Waals surface area contributed by atoms with E-state index in [1.165, 1.54) is 7.11 Å². The molecule has 4 nitrogen and oxygen atoms in total. The second-order valence-corrected chi connectivity index (χ2v) is 1.91. The van der Waals surface area contributed by atoms with Crippen LogP contribution in [0.5, 0.6) is 0 Å². The van der Waals surface area contributed by atoms with Gasteiger partial charge in [-0.1, -0.05) is 13.2 Å². The Morgan fingerprint density at radius 2 is 2.08 bits per heavy atom. The highest BCUT2D eigenvalue weighted by molar-refractivity contribution is 5.89. The highest BCUT2D eigenvalue weighted by Gasteiger charge is 2.07. The van der Waals surface area contributed by atoms with Crippen LogP contribution in [-0.4, -0.2) is 25.7 Å². The molecular weight excluding hydrogens is 160 g/mol. The number of carbonyl (C=O) groups excluding carboxylic acids is 2. The molecule has 0 amide bonds. The molecule has 0 bridgehead atoms. The molecule has 0 aliphatic heterocycles. The van der Waals surface area contributed by atoms with Gasteiger partial charge in [0.1, 0.15) is 6.61 Å². The molecule has 66 valence electrons. The molecule has 0 heterocycles. The minimum Gasteiger partial charge on any atom is -0.466 e. The molecule has 0 aromatic heterocycles. The largest absolute Gasteiger partial charge is 0.466 e. The van der Waals surface area contributed by atoms with Crippen LogP contribution in [0, 0.1) is 0 Å². The number of esters is 2. The summed E-state index contributed by atoms with van der Waals surface area (Å²) < 4.78 is 8.84. The molecule has 0 aromatic rings. The normalized spacial score (nSPS) is 8.42. The summed E-state index contributed by atoms with van der Waals surface area (Å²) in [5.74, 6) is -1.19. The van der Waals surface area contributed by atoms with Gasteiger partial charge >= 0.3 is 11.9 Å². The van der Waals surface area contributed by atoms with Crippen molar-refractivity contribution in [1.29, 1.82) is 0 Å². The summed E-state index contributed by atoms with van der Waals surface area (Å²) in [6.45, 7) is 6.36. The third kappa shape index (κ3) is 3.55. The van der Waals surface area contributed by atoms with Crippen molar-refractivity contribution in [2.45, 2.75) is 0 Å². The smallest absolute Gasteiger partial charge is 0.336 e. The minimum absolute atomic E-state index is 0.0905. The van der Waals surface area contributed by atoms with Crippen LogP contribution < -0.4 is 0 Å². The zero-order valence-corrected chi connectivity index (χ0v) is 6.83. The van der Waals surface area contributed by atoms with Gasteiger partial charge in [0, 0.05) is 6.08 Å². The molecule has 4 heteroatoms. The van der Waals surface area contributed by atoms with E-state index in [4.69, 9.17) is 0 Å². The summed E-state index contributed by atoms with van der Waals surface area (Å²) in [4.78, 5) is 21.2. The summed E-state index contributed by atoms with van der Waals surface area (Å²) >= 11 is 0. The molecule has 0 spiro atoms. The minimum atomic E-state index is -0.597. The van der Waals surface area contributed by atoms with Crippen molar-refractivity contribution in [3.05, 3.63) is 24.8 Å². The molecule has 0 radical (unpaired) electrons. The van der Waals surface area contributed by atoms with Crippen molar-refractivity contribution in [3.63, 3.8) is 0 Å². The van der Waals surface area contributed by atoms with E-state index in [-0.39, 0.29) is 12.2 Å². The van der Waals surface area contributed by atoms with Crippen molar-refractivity contribution in [1.82, 2.24) is 0 Å². The fourth-order valence-corrected chi connectivity index (χ4v) is 0.420. The van der Waals surface area contributed by atoms with Gasteiger partial charge in [0.25, 0.3) is 0 Å². The summed E-state index contributed by atoms with van der Waals surface area (Å²) in [6, 6.07) is 0. The molecule has 12 heavy (non-hydrogen) atoms. The van der Waals surface area contributed by atoms with E-state index in [2.05, 4.69) is 22.6 Å². The van der Waals surface area contributed by atoms with Crippen molar-refractivity contribution in [2.75, 3.05) is 13.7 Å². The molecule has 0 unspecified atom stereocenters. The molecule has 0 rings (SSSR count). The van der Waals surface area contributed by atoms with E-state index in [1.54, 1.807) is 0 Å². The quantitative estimate of drug-likeness (QED) is 0.454. The number of ether oxygens (including phenoxy) is 2. The Morgan fingerprint density at radius 1 is 1.50 bits per heavy atom. The van der Waals surface area contributed by atoms with E-state index in [9.17, 15) is 9.59 Å². The van der Waals surface area contributed by atoms with Gasteiger partial charge in [0.15, 0.2) is 0 Å². The molecular formula is C8H10O4. The van der Waals surface area contributed by atoms with Crippen LogP contribution in [0.25, 0.3) is 0 Å². The van der Waals surface area contributed by atoms with Gasteiger partial charge in [-0.15, -0.1) is 0 Å². The predicted octanol–water partition coefficient (Wildman–Crippen LogP) is 0.445. The summed E-state index contributed by atoms with van der Waals surface area (Å²) in [6.07, 6.45) is 1.00. The van der Waals surface area contributed by atoms with E-state index in [0.29, 0.717) is 0 Å². The second kappa shape index (κ2) is 5.12. The zero-order valence-electron chi connectivity index (χ0n) is 6.83. The zero-order chi connectivity index (χ0) is 9.56. The first-order valence-corrected chi connectivity index (χ1v) is 3.17. The van der Waals surface area contributed by atoms with Gasteiger partial charge in [-0.25, -0.2) is 9.59 Å². The molecule has 0 fully saturated rings. The number of hydrogen-bond donors (Lipinski definition) is 0. The third-order valence-electron chi connectivity index (χ3n) is 1.03. The Bertz CT molecular complexity index is 217. The van der Waals surface area contributed by atoms with Crippen molar-refractivity contribution < 1.29 is 19.1 Å². The average molecular weight is 170 g/mol. The number of carbonyl (C=O) groups is 2. The molecule has 0 aromatic carbocycles. The third-order valence-corrected chi connectivity index (χ3v) is 1.03. The fourth-order valence-electron chi connectivity index (χ4n) is 0.420. The predicted molar refractivity (Wildman–Crippen MR) is 42.3 cm³/mol. The first-order chi connectivity index (χ1) is 5.61. The summed E-state index contributed by atoms with van der Waals surface area (Å²) in [5, 5.41) is 0. The lowest BCUT2D eigenvalue weighted by molar-refractivity contribution is -0.140. The van der Waals surface area contributed by atoms with E-state index >= 15 is 0 Å². The van der Waals surface area contributed by atoms with Crippen LogP contribution in [0.2, 0.25) is 0 Å². The van der Waals surface area contributed by atoms with E-state index in [1.807, 2.05) is 0 Å². The van der Waals surface area contributed by atoms with Crippen molar-refractivity contribution >= 4 is 11.9 Å². The Labute approximate surface area is 70.5 Å². The molecule has 0 aliphatic carbocycles. The summed E-state index contributed by atoms with van der Waals surface area (Å²) in [7, 11) is 1.23. The van der Waals surface area contributed by atoms with Crippen LogP contribution in [0.15, 0.2) is 24.8 Å². The monoisotopic (exact) mass is 170 g/mol.